The molecule has 124 valence electrons. The van der Waals surface area contributed by atoms with Crippen molar-refractivity contribution in [2.24, 2.45) is 0 Å². The Hall–Kier alpha value is -0.860. The molecule has 1 aromatic rings. The molecule has 1 aliphatic rings. The van der Waals surface area contributed by atoms with Crippen LogP contribution >= 0.6 is 0 Å². The van der Waals surface area contributed by atoms with E-state index in [-0.39, 0.29) is 0 Å². The van der Waals surface area contributed by atoms with E-state index < -0.39 is 0 Å². The summed E-state index contributed by atoms with van der Waals surface area (Å²) in [4.78, 5) is 5.22. The average molecular weight is 303 g/mol. The molecule has 1 unspecified atom stereocenters. The second-order valence-corrected chi connectivity index (χ2v) is 6.90. The van der Waals surface area contributed by atoms with Crippen molar-refractivity contribution in [3.8, 4) is 0 Å². The van der Waals surface area contributed by atoms with Crippen molar-refractivity contribution in [2.45, 2.75) is 58.9 Å². The number of hydrogen-bond acceptors (Lipinski definition) is 2. The van der Waals surface area contributed by atoms with E-state index in [9.17, 15) is 0 Å². The SMILES string of the molecule is CCCCN1CCN(Cc2ccc(C(C)CCC)cc2)CC1. The third-order valence-electron chi connectivity index (χ3n) is 4.97. The molecule has 0 bridgehead atoms. The Labute approximate surface area is 137 Å². The molecule has 22 heavy (non-hydrogen) atoms. The molecule has 0 saturated carbocycles. The number of piperazine rings is 1. The second-order valence-electron chi connectivity index (χ2n) is 6.90. The highest BCUT2D eigenvalue weighted by Crippen LogP contribution is 2.21. The van der Waals surface area contributed by atoms with Crippen molar-refractivity contribution >= 4 is 0 Å². The van der Waals surface area contributed by atoms with E-state index >= 15 is 0 Å². The second kappa shape index (κ2) is 9.32. The van der Waals surface area contributed by atoms with Crippen LogP contribution in [0.5, 0.6) is 0 Å². The van der Waals surface area contributed by atoms with Crippen LogP contribution in [0.3, 0.4) is 0 Å². The van der Waals surface area contributed by atoms with E-state index in [1.807, 2.05) is 0 Å². The minimum atomic E-state index is 0.696. The van der Waals surface area contributed by atoms with Crippen LogP contribution in [0.25, 0.3) is 0 Å². The maximum atomic E-state index is 2.62. The largest absolute Gasteiger partial charge is 0.301 e. The summed E-state index contributed by atoms with van der Waals surface area (Å²) in [5.74, 6) is 0.696. The van der Waals surface area contributed by atoms with Gasteiger partial charge >= 0.3 is 0 Å². The van der Waals surface area contributed by atoms with Gasteiger partial charge in [0.15, 0.2) is 0 Å². The highest BCUT2D eigenvalue weighted by atomic mass is 15.3. The van der Waals surface area contributed by atoms with Crippen LogP contribution < -0.4 is 0 Å². The first-order valence-electron chi connectivity index (χ1n) is 9.26. The lowest BCUT2D eigenvalue weighted by Gasteiger charge is -2.34. The molecule has 1 atom stereocenters. The molecule has 0 aromatic heterocycles. The fraction of sp³-hybridized carbons (Fsp3) is 0.700. The first-order valence-corrected chi connectivity index (χ1v) is 9.26. The first-order chi connectivity index (χ1) is 10.7. The third-order valence-corrected chi connectivity index (χ3v) is 4.97. The van der Waals surface area contributed by atoms with E-state index in [0.717, 1.165) is 6.54 Å². The van der Waals surface area contributed by atoms with Crippen molar-refractivity contribution < 1.29 is 0 Å². The van der Waals surface area contributed by atoms with Crippen molar-refractivity contribution in [3.05, 3.63) is 35.4 Å². The summed E-state index contributed by atoms with van der Waals surface area (Å²) < 4.78 is 0. The standard InChI is InChI=1S/C20H34N2/c1-4-6-12-21-13-15-22(16-14-21)17-19-8-10-20(11-9-19)18(3)7-5-2/h8-11,18H,4-7,12-17H2,1-3H3. The predicted octanol–water partition coefficient (Wildman–Crippen LogP) is 4.51. The van der Waals surface area contributed by atoms with E-state index in [0.29, 0.717) is 5.92 Å². The van der Waals surface area contributed by atoms with Crippen LogP contribution in [0.1, 0.15) is 63.5 Å². The van der Waals surface area contributed by atoms with Gasteiger partial charge in [-0.25, -0.2) is 0 Å². The van der Waals surface area contributed by atoms with Gasteiger partial charge in [-0.2, -0.15) is 0 Å². The Morgan fingerprint density at radius 3 is 2.14 bits per heavy atom. The van der Waals surface area contributed by atoms with Gasteiger partial charge in [0.2, 0.25) is 0 Å². The zero-order valence-electron chi connectivity index (χ0n) is 14.9. The quantitative estimate of drug-likeness (QED) is 0.697. The summed E-state index contributed by atoms with van der Waals surface area (Å²) in [5, 5.41) is 0. The molecule has 1 aromatic carbocycles. The van der Waals surface area contributed by atoms with E-state index in [1.54, 1.807) is 0 Å². The Kier molecular flexibility index (Phi) is 7.41. The Bertz CT molecular complexity index is 404. The van der Waals surface area contributed by atoms with Crippen LogP contribution in [0.15, 0.2) is 24.3 Å². The number of nitrogens with zero attached hydrogens (tertiary/aromatic N) is 2. The van der Waals surface area contributed by atoms with Crippen LogP contribution in [-0.2, 0) is 6.54 Å². The first kappa shape index (κ1) is 17.5. The molecule has 2 rings (SSSR count). The van der Waals surface area contributed by atoms with Gasteiger partial charge in [-0.1, -0.05) is 57.9 Å². The number of hydrogen-bond donors (Lipinski definition) is 0. The number of benzene rings is 1. The van der Waals surface area contributed by atoms with Crippen LogP contribution in [-0.4, -0.2) is 42.5 Å². The highest BCUT2D eigenvalue weighted by molar-refractivity contribution is 5.25. The van der Waals surface area contributed by atoms with Gasteiger partial charge in [0.1, 0.15) is 0 Å². The normalized spacial score (nSPS) is 18.5. The Morgan fingerprint density at radius 1 is 0.909 bits per heavy atom. The molecule has 2 nitrogen and oxygen atoms in total. The van der Waals surface area contributed by atoms with Gasteiger partial charge in [-0.3, -0.25) is 4.90 Å². The lowest BCUT2D eigenvalue weighted by Crippen LogP contribution is -2.46. The summed E-state index contributed by atoms with van der Waals surface area (Å²) in [5.41, 5.74) is 2.96. The molecule has 1 saturated heterocycles. The monoisotopic (exact) mass is 302 g/mol. The average Bonchev–Trinajstić information content (AvgIpc) is 2.55. The van der Waals surface area contributed by atoms with E-state index in [2.05, 4.69) is 54.8 Å². The summed E-state index contributed by atoms with van der Waals surface area (Å²) in [6, 6.07) is 9.36. The maximum absolute atomic E-state index is 2.62. The minimum absolute atomic E-state index is 0.696. The van der Waals surface area contributed by atoms with Crippen LogP contribution in [0.2, 0.25) is 0 Å². The fourth-order valence-electron chi connectivity index (χ4n) is 3.36. The molecule has 1 heterocycles. The van der Waals surface area contributed by atoms with Crippen molar-refractivity contribution in [1.82, 2.24) is 9.80 Å². The van der Waals surface area contributed by atoms with Crippen molar-refractivity contribution in [3.63, 3.8) is 0 Å². The van der Waals surface area contributed by atoms with Gasteiger partial charge in [-0.15, -0.1) is 0 Å². The topological polar surface area (TPSA) is 6.48 Å². The molecule has 0 N–H and O–H groups in total. The molecule has 1 fully saturated rings. The maximum Gasteiger partial charge on any atom is 0.0234 e. The van der Waals surface area contributed by atoms with Gasteiger partial charge in [-0.05, 0) is 36.4 Å². The lowest BCUT2D eigenvalue weighted by atomic mass is 9.95. The summed E-state index contributed by atoms with van der Waals surface area (Å²) >= 11 is 0. The molecule has 0 spiro atoms. The minimum Gasteiger partial charge on any atom is -0.301 e. The molecule has 0 radical (unpaired) electrons. The lowest BCUT2D eigenvalue weighted by molar-refractivity contribution is 0.126. The smallest absolute Gasteiger partial charge is 0.0234 e. The van der Waals surface area contributed by atoms with E-state index in [4.69, 9.17) is 0 Å². The van der Waals surface area contributed by atoms with Crippen LogP contribution in [0, 0.1) is 0 Å². The molecular weight excluding hydrogens is 268 g/mol. The summed E-state index contributed by atoms with van der Waals surface area (Å²) in [6.07, 6.45) is 5.21. The van der Waals surface area contributed by atoms with Crippen LogP contribution in [0.4, 0.5) is 0 Å². The van der Waals surface area contributed by atoms with Crippen molar-refractivity contribution in [2.75, 3.05) is 32.7 Å². The highest BCUT2D eigenvalue weighted by Gasteiger charge is 2.16. The van der Waals surface area contributed by atoms with Crippen molar-refractivity contribution in [1.29, 1.82) is 0 Å². The molecule has 1 aliphatic heterocycles. The predicted molar refractivity (Wildman–Crippen MR) is 96.4 cm³/mol. The van der Waals surface area contributed by atoms with Gasteiger partial charge in [0.05, 0.1) is 0 Å². The van der Waals surface area contributed by atoms with Gasteiger partial charge in [0.25, 0.3) is 0 Å². The van der Waals surface area contributed by atoms with E-state index in [1.165, 1.54) is 69.5 Å². The Balaban J connectivity index is 1.77. The summed E-state index contributed by atoms with van der Waals surface area (Å²) in [6.45, 7) is 14.2. The van der Waals surface area contributed by atoms with Gasteiger partial charge in [0, 0.05) is 32.7 Å². The summed E-state index contributed by atoms with van der Waals surface area (Å²) in [7, 11) is 0. The molecule has 0 aliphatic carbocycles. The zero-order chi connectivity index (χ0) is 15.8. The third kappa shape index (κ3) is 5.40. The van der Waals surface area contributed by atoms with Gasteiger partial charge < -0.3 is 4.90 Å². The Morgan fingerprint density at radius 2 is 1.55 bits per heavy atom. The molecule has 0 amide bonds. The molecule has 2 heteroatoms. The number of rotatable bonds is 8. The number of unbranched alkanes of at least 4 members (excludes halogenated alkanes) is 1. The molecular formula is C20H34N2. The zero-order valence-corrected chi connectivity index (χ0v) is 14.9. The fourth-order valence-corrected chi connectivity index (χ4v) is 3.36.